The monoisotopic (exact) mass is 322 g/mol. The van der Waals surface area contributed by atoms with Gasteiger partial charge in [-0.3, -0.25) is 10.1 Å². The van der Waals surface area contributed by atoms with Crippen LogP contribution in [-0.2, 0) is 5.54 Å². The number of H-pyrrole nitrogens is 1. The van der Waals surface area contributed by atoms with E-state index < -0.39 is 0 Å². The summed E-state index contributed by atoms with van der Waals surface area (Å²) in [4.78, 5) is 4.10. The number of halogens is 1. The predicted octanol–water partition coefficient (Wildman–Crippen LogP) is 4.01. The van der Waals surface area contributed by atoms with Gasteiger partial charge >= 0.3 is 0 Å². The molecule has 1 aliphatic carbocycles. The molecule has 0 unspecified atom stereocenters. The molecule has 2 heterocycles. The van der Waals surface area contributed by atoms with Gasteiger partial charge in [0.15, 0.2) is 0 Å². The van der Waals surface area contributed by atoms with E-state index in [1.165, 1.54) is 12.1 Å². The zero-order valence-corrected chi connectivity index (χ0v) is 13.3. The highest BCUT2D eigenvalue weighted by molar-refractivity contribution is 5.83. The number of rotatable bonds is 3. The molecule has 4 rings (SSSR count). The maximum atomic E-state index is 13.3. The van der Waals surface area contributed by atoms with E-state index in [1.54, 1.807) is 24.5 Å². The lowest BCUT2D eigenvalue weighted by Gasteiger charge is -2.24. The summed E-state index contributed by atoms with van der Waals surface area (Å²) in [5.41, 5.74) is 10.9. The standard InChI is InChI=1S/C19H19FN4/c20-15-5-3-14(4-6-15)17-16(13-7-11-22-12-8-13)18(24-23-17)19(21)9-1-2-10-19/h3-8,11-12H,1-2,9-10,21H2,(H,23,24). The van der Waals surface area contributed by atoms with Gasteiger partial charge in [0.2, 0.25) is 0 Å². The van der Waals surface area contributed by atoms with Crippen molar-refractivity contribution < 1.29 is 4.39 Å². The van der Waals surface area contributed by atoms with Crippen LogP contribution in [0, 0.1) is 5.82 Å². The third-order valence-corrected chi connectivity index (χ3v) is 4.85. The Kier molecular flexibility index (Phi) is 3.65. The van der Waals surface area contributed by atoms with Crippen LogP contribution < -0.4 is 5.73 Å². The number of aromatic amines is 1. The lowest BCUT2D eigenvalue weighted by atomic mass is 9.87. The first-order valence-electron chi connectivity index (χ1n) is 8.21. The van der Waals surface area contributed by atoms with E-state index in [2.05, 4.69) is 15.2 Å². The Morgan fingerprint density at radius 1 is 0.958 bits per heavy atom. The molecular formula is C19H19FN4. The third kappa shape index (κ3) is 2.51. The van der Waals surface area contributed by atoms with Gasteiger partial charge in [-0.2, -0.15) is 5.10 Å². The van der Waals surface area contributed by atoms with Gasteiger partial charge < -0.3 is 5.73 Å². The fraction of sp³-hybridized carbons (Fsp3) is 0.263. The van der Waals surface area contributed by atoms with E-state index in [0.29, 0.717) is 0 Å². The first-order valence-corrected chi connectivity index (χ1v) is 8.21. The van der Waals surface area contributed by atoms with Crippen LogP contribution in [0.3, 0.4) is 0 Å². The quantitative estimate of drug-likeness (QED) is 0.765. The third-order valence-electron chi connectivity index (χ3n) is 4.85. The van der Waals surface area contributed by atoms with Crippen LogP contribution in [0.25, 0.3) is 22.4 Å². The van der Waals surface area contributed by atoms with Crippen molar-refractivity contribution in [2.24, 2.45) is 5.73 Å². The molecule has 5 heteroatoms. The van der Waals surface area contributed by atoms with Crippen LogP contribution in [0.1, 0.15) is 31.4 Å². The van der Waals surface area contributed by atoms with Crippen LogP contribution in [0.15, 0.2) is 48.8 Å². The number of aromatic nitrogens is 3. The van der Waals surface area contributed by atoms with Crippen molar-refractivity contribution in [1.29, 1.82) is 0 Å². The fourth-order valence-corrected chi connectivity index (χ4v) is 3.57. The van der Waals surface area contributed by atoms with E-state index in [1.807, 2.05) is 12.1 Å². The molecule has 122 valence electrons. The number of nitrogens with zero attached hydrogens (tertiary/aromatic N) is 2. The maximum absolute atomic E-state index is 13.3. The van der Waals surface area contributed by atoms with Gasteiger partial charge in [-0.25, -0.2) is 4.39 Å². The Morgan fingerprint density at radius 3 is 2.29 bits per heavy atom. The fourth-order valence-electron chi connectivity index (χ4n) is 3.57. The summed E-state index contributed by atoms with van der Waals surface area (Å²) in [6.45, 7) is 0. The number of hydrogen-bond acceptors (Lipinski definition) is 3. The van der Waals surface area contributed by atoms with Gasteiger partial charge in [-0.15, -0.1) is 0 Å². The van der Waals surface area contributed by atoms with Gasteiger partial charge in [0.1, 0.15) is 11.5 Å². The molecule has 24 heavy (non-hydrogen) atoms. The minimum Gasteiger partial charge on any atom is -0.320 e. The van der Waals surface area contributed by atoms with Crippen molar-refractivity contribution in [2.75, 3.05) is 0 Å². The maximum Gasteiger partial charge on any atom is 0.123 e. The largest absolute Gasteiger partial charge is 0.320 e. The van der Waals surface area contributed by atoms with Crippen LogP contribution in [0.2, 0.25) is 0 Å². The molecule has 3 aromatic rings. The summed E-state index contributed by atoms with van der Waals surface area (Å²) >= 11 is 0. The topological polar surface area (TPSA) is 67.6 Å². The molecule has 0 atom stereocenters. The number of benzene rings is 1. The van der Waals surface area contributed by atoms with Crippen LogP contribution in [0.5, 0.6) is 0 Å². The van der Waals surface area contributed by atoms with E-state index >= 15 is 0 Å². The molecule has 0 saturated heterocycles. The highest BCUT2D eigenvalue weighted by atomic mass is 19.1. The van der Waals surface area contributed by atoms with Gasteiger partial charge in [0, 0.05) is 23.5 Å². The number of nitrogens with one attached hydrogen (secondary N) is 1. The normalized spacial score (nSPS) is 16.4. The zero-order chi connectivity index (χ0) is 16.6. The molecule has 1 aliphatic rings. The Morgan fingerprint density at radius 2 is 1.62 bits per heavy atom. The molecule has 0 amide bonds. The van der Waals surface area contributed by atoms with Crippen molar-refractivity contribution >= 4 is 0 Å². The molecule has 1 aromatic carbocycles. The summed E-state index contributed by atoms with van der Waals surface area (Å²) in [7, 11) is 0. The van der Waals surface area contributed by atoms with E-state index in [9.17, 15) is 4.39 Å². The summed E-state index contributed by atoms with van der Waals surface area (Å²) in [6.07, 6.45) is 7.65. The lowest BCUT2D eigenvalue weighted by molar-refractivity contribution is 0.447. The summed E-state index contributed by atoms with van der Waals surface area (Å²) in [5.74, 6) is -0.258. The van der Waals surface area contributed by atoms with Gasteiger partial charge in [0.25, 0.3) is 0 Å². The number of nitrogens with two attached hydrogens (primary N) is 1. The molecule has 0 radical (unpaired) electrons. The molecule has 0 aliphatic heterocycles. The Balaban J connectivity index is 1.92. The smallest absolute Gasteiger partial charge is 0.123 e. The summed E-state index contributed by atoms with van der Waals surface area (Å²) in [5, 5.41) is 7.71. The SMILES string of the molecule is NC1(c2[nH]nc(-c3ccc(F)cc3)c2-c2ccncc2)CCCC1. The van der Waals surface area contributed by atoms with Crippen molar-refractivity contribution in [3.05, 3.63) is 60.3 Å². The minimum absolute atomic E-state index is 0.258. The van der Waals surface area contributed by atoms with E-state index in [-0.39, 0.29) is 11.4 Å². The molecule has 3 N–H and O–H groups in total. The van der Waals surface area contributed by atoms with Crippen molar-refractivity contribution in [2.45, 2.75) is 31.2 Å². The molecule has 1 fully saturated rings. The van der Waals surface area contributed by atoms with Crippen LogP contribution in [0.4, 0.5) is 4.39 Å². The Bertz CT molecular complexity index is 834. The molecular weight excluding hydrogens is 303 g/mol. The van der Waals surface area contributed by atoms with E-state index in [0.717, 1.165) is 53.8 Å². The van der Waals surface area contributed by atoms with Crippen molar-refractivity contribution in [3.8, 4) is 22.4 Å². The second-order valence-electron chi connectivity index (χ2n) is 6.43. The molecule has 2 aromatic heterocycles. The van der Waals surface area contributed by atoms with Crippen LogP contribution >= 0.6 is 0 Å². The minimum atomic E-state index is -0.385. The Hall–Kier alpha value is -2.53. The van der Waals surface area contributed by atoms with Crippen LogP contribution in [-0.4, -0.2) is 15.2 Å². The second-order valence-corrected chi connectivity index (χ2v) is 6.43. The molecule has 4 nitrogen and oxygen atoms in total. The Labute approximate surface area is 139 Å². The zero-order valence-electron chi connectivity index (χ0n) is 13.3. The van der Waals surface area contributed by atoms with E-state index in [4.69, 9.17) is 5.73 Å². The molecule has 0 bridgehead atoms. The molecule has 0 spiro atoms. The van der Waals surface area contributed by atoms with Gasteiger partial charge in [-0.1, -0.05) is 12.8 Å². The first kappa shape index (κ1) is 15.0. The predicted molar refractivity (Wildman–Crippen MR) is 91.5 cm³/mol. The average molecular weight is 322 g/mol. The van der Waals surface area contributed by atoms with Gasteiger partial charge in [0.05, 0.1) is 11.2 Å². The highest BCUT2D eigenvalue weighted by Crippen LogP contribution is 2.43. The average Bonchev–Trinajstić information content (AvgIpc) is 3.24. The first-order chi connectivity index (χ1) is 11.7. The summed E-state index contributed by atoms with van der Waals surface area (Å²) < 4.78 is 13.3. The second kappa shape index (κ2) is 5.83. The van der Waals surface area contributed by atoms with Crippen molar-refractivity contribution in [3.63, 3.8) is 0 Å². The number of hydrogen-bond donors (Lipinski definition) is 2. The summed E-state index contributed by atoms with van der Waals surface area (Å²) in [6, 6.07) is 10.3. The molecule has 1 saturated carbocycles. The highest BCUT2D eigenvalue weighted by Gasteiger charge is 2.36. The lowest BCUT2D eigenvalue weighted by Crippen LogP contribution is -2.34. The van der Waals surface area contributed by atoms with Gasteiger partial charge in [-0.05, 0) is 54.8 Å². The number of pyridine rings is 1. The van der Waals surface area contributed by atoms with Crippen molar-refractivity contribution in [1.82, 2.24) is 15.2 Å².